The Morgan fingerprint density at radius 3 is 1.25 bits per heavy atom. The summed E-state index contributed by atoms with van der Waals surface area (Å²) in [7, 11) is 0. The van der Waals surface area contributed by atoms with E-state index in [0.29, 0.717) is 11.4 Å². The molecule has 4 heterocycles. The van der Waals surface area contributed by atoms with Gasteiger partial charge in [-0.3, -0.25) is 19.9 Å². The van der Waals surface area contributed by atoms with Gasteiger partial charge in [-0.05, 0) is 48.5 Å². The molecule has 4 rings (SSSR count). The van der Waals surface area contributed by atoms with Crippen LogP contribution in [0.5, 0.6) is 0 Å². The second kappa shape index (κ2) is 12.7. The minimum Gasteiger partial charge on any atom is -0.478 e. The molecule has 167 valence electrons. The first-order valence-corrected chi connectivity index (χ1v) is 8.76. The molecule has 8 nitrogen and oxygen atoms in total. The fourth-order valence-electron chi connectivity index (χ4n) is 2.44. The number of nitrogens with zero attached hydrogens (tertiary/aromatic N) is 4. The van der Waals surface area contributed by atoms with Gasteiger partial charge in [-0.15, -0.1) is 0 Å². The molecule has 0 saturated heterocycles. The molecule has 0 saturated carbocycles. The molecule has 0 amide bonds. The van der Waals surface area contributed by atoms with Crippen LogP contribution in [0.3, 0.4) is 0 Å². The predicted molar refractivity (Wildman–Crippen MR) is 116 cm³/mol. The summed E-state index contributed by atoms with van der Waals surface area (Å²) in [4.78, 5) is 38.0. The van der Waals surface area contributed by atoms with Gasteiger partial charge in [-0.2, -0.15) is 0 Å². The molecule has 4 aromatic rings. The van der Waals surface area contributed by atoms with E-state index in [9.17, 15) is 9.59 Å². The monoisotopic (exact) mass is 479 g/mol. The van der Waals surface area contributed by atoms with E-state index < -0.39 is 11.9 Å². The summed E-state index contributed by atoms with van der Waals surface area (Å²) in [5.41, 5.74) is 2.61. The molecule has 0 spiro atoms. The number of pyridine rings is 4. The van der Waals surface area contributed by atoms with Crippen molar-refractivity contribution < 1.29 is 36.9 Å². The van der Waals surface area contributed by atoms with E-state index in [2.05, 4.69) is 19.9 Å². The van der Waals surface area contributed by atoms with Crippen molar-refractivity contribution in [3.63, 3.8) is 0 Å². The van der Waals surface area contributed by atoms with Crippen LogP contribution in [0.25, 0.3) is 22.8 Å². The number of hydrogen-bond acceptors (Lipinski definition) is 6. The zero-order valence-corrected chi connectivity index (χ0v) is 16.8. The van der Waals surface area contributed by atoms with Crippen LogP contribution in [0.1, 0.15) is 28.1 Å². The van der Waals surface area contributed by atoms with Crippen LogP contribution in [-0.2, 0) is 17.1 Å². The van der Waals surface area contributed by atoms with Crippen LogP contribution in [0.15, 0.2) is 85.5 Å². The maximum atomic E-state index is 10.8. The Balaban J connectivity index is 0.000000321. The number of rotatable bonds is 4. The molecule has 0 atom stereocenters. The minimum atomic E-state index is -1.08. The first-order chi connectivity index (χ1) is 14.5. The van der Waals surface area contributed by atoms with Crippen LogP contribution in [0, 0.1) is 0 Å². The fourth-order valence-corrected chi connectivity index (χ4v) is 2.44. The molecule has 0 unspecified atom stereocenters. The summed E-state index contributed by atoms with van der Waals surface area (Å²) in [6.07, 6.45) is 6.22. The van der Waals surface area contributed by atoms with E-state index in [1.807, 2.05) is 36.4 Å². The van der Waals surface area contributed by atoms with Crippen molar-refractivity contribution in [2.24, 2.45) is 0 Å². The molecule has 0 aliphatic carbocycles. The van der Waals surface area contributed by atoms with Crippen LogP contribution in [-0.4, -0.2) is 42.1 Å². The van der Waals surface area contributed by atoms with E-state index in [-0.39, 0.29) is 35.6 Å². The smallest absolute Gasteiger partial charge is 0.335 e. The fraction of sp³-hybridized carbons (Fsp3) is 0.0435. The van der Waals surface area contributed by atoms with Crippen LogP contribution < -0.4 is 0 Å². The van der Waals surface area contributed by atoms with E-state index in [1.165, 1.54) is 36.7 Å². The van der Waals surface area contributed by atoms with Gasteiger partial charge in [0.15, 0.2) is 0 Å². The normalized spacial score (nSPS) is 9.25. The van der Waals surface area contributed by atoms with Gasteiger partial charge in [0.1, 0.15) is 0 Å². The third kappa shape index (κ3) is 7.09. The molecule has 2 N–H and O–H groups in total. The third-order valence-electron chi connectivity index (χ3n) is 3.87. The Morgan fingerprint density at radius 2 is 0.938 bits per heavy atom. The van der Waals surface area contributed by atoms with Gasteiger partial charge in [0.25, 0.3) is 0 Å². The van der Waals surface area contributed by atoms with E-state index in [4.69, 9.17) is 10.2 Å². The van der Waals surface area contributed by atoms with Crippen molar-refractivity contribution in [3.8, 4) is 22.8 Å². The van der Waals surface area contributed by atoms with E-state index in [0.717, 1.165) is 11.4 Å². The topological polar surface area (TPSA) is 126 Å². The van der Waals surface area contributed by atoms with Crippen molar-refractivity contribution in [2.75, 3.05) is 0 Å². The van der Waals surface area contributed by atoms with Gasteiger partial charge >= 0.3 is 11.9 Å². The molecule has 0 aromatic carbocycles. The Labute approximate surface area is 195 Å². The second-order valence-corrected chi connectivity index (χ2v) is 5.90. The van der Waals surface area contributed by atoms with Crippen LogP contribution in [0.2, 0.25) is 0 Å². The number of carboxylic acid groups (broad SMARTS) is 2. The van der Waals surface area contributed by atoms with Crippen molar-refractivity contribution in [1.29, 1.82) is 0 Å². The third-order valence-corrected chi connectivity index (χ3v) is 3.87. The predicted octanol–water partition coefficient (Wildman–Crippen LogP) is 4.32. The van der Waals surface area contributed by atoms with Crippen molar-refractivity contribution >= 4 is 11.9 Å². The maximum absolute atomic E-state index is 10.8. The molecule has 4 aromatic heterocycles. The van der Waals surface area contributed by atoms with Gasteiger partial charge in [0, 0.05) is 41.9 Å². The maximum Gasteiger partial charge on any atom is 0.335 e. The van der Waals surface area contributed by atoms with Gasteiger partial charge in [0.05, 0.1) is 33.9 Å². The molecule has 0 aliphatic heterocycles. The molecule has 32 heavy (non-hydrogen) atoms. The van der Waals surface area contributed by atoms with E-state index >= 15 is 0 Å². The summed E-state index contributed by atoms with van der Waals surface area (Å²) in [5, 5.41) is 17.7. The van der Waals surface area contributed by atoms with Gasteiger partial charge in [-0.25, -0.2) is 9.59 Å². The Hall–Kier alpha value is -3.94. The minimum absolute atomic E-state index is 0. The molecule has 0 bridgehead atoms. The number of carbonyl (C=O) groups is 2. The number of aromatic carboxylic acids is 2. The van der Waals surface area contributed by atoms with Crippen molar-refractivity contribution in [3.05, 3.63) is 96.6 Å². The van der Waals surface area contributed by atoms with Crippen LogP contribution in [0.4, 0.5) is 0 Å². The molecule has 9 heteroatoms. The first kappa shape index (κ1) is 26.1. The molecule has 0 fully saturated rings. The molecular formula is C23H20CuN4O4. The van der Waals surface area contributed by atoms with Crippen molar-refractivity contribution in [1.82, 2.24) is 19.9 Å². The Bertz CT molecular complexity index is 1070. The van der Waals surface area contributed by atoms with Gasteiger partial charge in [-0.1, -0.05) is 19.6 Å². The average Bonchev–Trinajstić information content (AvgIpc) is 2.81. The second-order valence-electron chi connectivity index (χ2n) is 5.90. The zero-order chi connectivity index (χ0) is 21.3. The van der Waals surface area contributed by atoms with E-state index in [1.54, 1.807) is 12.4 Å². The summed E-state index contributed by atoms with van der Waals surface area (Å²) < 4.78 is 0. The summed E-state index contributed by atoms with van der Waals surface area (Å²) >= 11 is 0. The largest absolute Gasteiger partial charge is 0.478 e. The summed E-state index contributed by atoms with van der Waals surface area (Å²) in [6, 6.07) is 17.0. The SMILES string of the molecule is C.O=C(O)c1ccnc(-c2cc(C(=O)O)ccn2)c1.[Cu].c1ccc(-c2ccccn2)nc1. The summed E-state index contributed by atoms with van der Waals surface area (Å²) in [6.45, 7) is 0. The zero-order valence-electron chi connectivity index (χ0n) is 15.9. The molecule has 1 radical (unpaired) electrons. The quantitative estimate of drug-likeness (QED) is 0.414. The molecular weight excluding hydrogens is 460 g/mol. The summed E-state index contributed by atoms with van der Waals surface area (Å²) in [5.74, 6) is -2.15. The Morgan fingerprint density at radius 1 is 0.562 bits per heavy atom. The van der Waals surface area contributed by atoms with Gasteiger partial charge in [0.2, 0.25) is 0 Å². The number of aromatic nitrogens is 4. The number of carboxylic acids is 2. The Kier molecular flexibility index (Phi) is 10.3. The average molecular weight is 480 g/mol. The number of hydrogen-bond donors (Lipinski definition) is 2. The standard InChI is InChI=1S/C12H8N2O4.C10H8N2.CH4.Cu/c15-11(16)7-1-3-13-9(5-7)10-6-8(12(17)18)2-4-14-10;1-3-7-11-9(5-1)10-6-2-4-8-12-10;;/h1-6H,(H,15,16)(H,17,18);1-8H;1H4;. The van der Waals surface area contributed by atoms with Crippen molar-refractivity contribution in [2.45, 2.75) is 7.43 Å². The first-order valence-electron chi connectivity index (χ1n) is 8.76. The van der Waals surface area contributed by atoms with Crippen LogP contribution >= 0.6 is 0 Å². The van der Waals surface area contributed by atoms with Gasteiger partial charge < -0.3 is 10.2 Å². The molecule has 0 aliphatic rings.